The minimum Gasteiger partial charge on any atom is -0.480 e. The van der Waals surface area contributed by atoms with Crippen LogP contribution >= 0.6 is 0 Å². The number of amides is 10. The van der Waals surface area contributed by atoms with Crippen LogP contribution in [0.2, 0.25) is 0 Å². The van der Waals surface area contributed by atoms with Gasteiger partial charge in [-0.15, -0.1) is 0 Å². The largest absolute Gasteiger partial charge is 0.480 e. The normalized spacial score (nSPS) is 21.9. The van der Waals surface area contributed by atoms with Crippen molar-refractivity contribution < 1.29 is 67.7 Å². The van der Waals surface area contributed by atoms with Gasteiger partial charge in [-0.25, -0.2) is 9.59 Å². The topological polar surface area (TPSA) is 372 Å². The zero-order valence-electron chi connectivity index (χ0n) is 54.5. The van der Waals surface area contributed by atoms with E-state index in [0.717, 1.165) is 21.5 Å². The molecule has 0 saturated carbocycles. The van der Waals surface area contributed by atoms with Crippen molar-refractivity contribution in [3.05, 3.63) is 108 Å². The van der Waals surface area contributed by atoms with Crippen LogP contribution in [0, 0.1) is 10.8 Å². The van der Waals surface area contributed by atoms with E-state index >= 15 is 4.79 Å². The molecule has 1 fully saturated rings. The third kappa shape index (κ3) is 20.6. The quantitative estimate of drug-likeness (QED) is 0.0747. The Balaban J connectivity index is 1.40. The summed E-state index contributed by atoms with van der Waals surface area (Å²) >= 11 is 0. The third-order valence-corrected chi connectivity index (χ3v) is 16.7. The van der Waals surface area contributed by atoms with Gasteiger partial charge in [0.2, 0.25) is 59.1 Å². The summed E-state index contributed by atoms with van der Waals surface area (Å²) in [5.41, 5.74) is -0.765. The molecule has 2 bridgehead atoms. The lowest BCUT2D eigenvalue weighted by Gasteiger charge is -2.44. The lowest BCUT2D eigenvalue weighted by atomic mass is 9.85. The van der Waals surface area contributed by atoms with Gasteiger partial charge >= 0.3 is 11.9 Å². The average Bonchev–Trinajstić information content (AvgIpc) is 0.850. The first-order valence-corrected chi connectivity index (χ1v) is 31.3. The molecular weight excluding hydrogens is 1200 g/mol. The van der Waals surface area contributed by atoms with Crippen molar-refractivity contribution in [3.8, 4) is 0 Å². The third-order valence-electron chi connectivity index (χ3n) is 16.7. The molecule has 2 aliphatic heterocycles. The molecule has 1 saturated heterocycles. The Kier molecular flexibility index (Phi) is 25.7. The number of carboxylic acid groups (broad SMARTS) is 2. The van der Waals surface area contributed by atoms with Crippen molar-refractivity contribution in [1.29, 1.82) is 0 Å². The number of rotatable bonds is 15. The average molecular weight is 1290 g/mol. The molecule has 10 unspecified atom stereocenters. The molecule has 10 atom stereocenters. The number of hydrogen-bond donors (Lipinski definition) is 12. The van der Waals surface area contributed by atoms with Gasteiger partial charge in [0.25, 0.3) is 0 Å². The maximum atomic E-state index is 15.1. The van der Waals surface area contributed by atoms with E-state index in [1.807, 2.05) is 60.7 Å². The predicted molar refractivity (Wildman–Crippen MR) is 347 cm³/mol. The number of piperazine rings is 1. The number of likely N-dealkylation sites (N-methyl/N-ethyl adjacent to an activating group) is 2. The molecule has 0 aromatic heterocycles. The summed E-state index contributed by atoms with van der Waals surface area (Å²) in [7, 11) is 3.13. The number of hydrogen-bond acceptors (Lipinski definition) is 14. The summed E-state index contributed by atoms with van der Waals surface area (Å²) in [5, 5.41) is 51.4. The van der Waals surface area contributed by atoms with Gasteiger partial charge < -0.3 is 73.2 Å². The molecule has 0 aliphatic carbocycles. The molecular formula is C67H90N12O14. The number of fused-ring (bicyclic) bond motifs is 4. The van der Waals surface area contributed by atoms with Crippen molar-refractivity contribution in [2.45, 2.75) is 161 Å². The van der Waals surface area contributed by atoms with Crippen LogP contribution in [0.1, 0.15) is 98.6 Å². The summed E-state index contributed by atoms with van der Waals surface area (Å²) in [6.45, 7) is 11.9. The second kappa shape index (κ2) is 32.8. The summed E-state index contributed by atoms with van der Waals surface area (Å²) in [6.07, 6.45) is 1.01. The van der Waals surface area contributed by atoms with Crippen molar-refractivity contribution in [2.75, 3.05) is 40.3 Å². The summed E-state index contributed by atoms with van der Waals surface area (Å²) in [4.78, 5) is 171. The molecule has 0 spiro atoms. The molecule has 2 aliphatic rings. The van der Waals surface area contributed by atoms with E-state index in [-0.39, 0.29) is 45.2 Å². The standard InChI is InChI=1S/C67H90N12O14/c1-38(68-9)56(82)76-54(66(3,4)5)62(88)71-46-22-12-11-13-23-47(64(90)91)72-60(86)50(35-41-25-27-43-19-15-17-21-45(43)33-41)75-61(87)51-37-78(30-31-79(51)63(89)55(67(6,7)8)77-57(83)39(2)69-10)53(81)36-70-52(80)29-28-48(65(92)93)73-59(85)49(74-58(46)84)34-40-24-26-42-18-14-16-20-44(42)32-40/h11-12,14-21,24-27,32-33,38-39,46-51,54-55,68-69H,13,22-23,28-31,34-37H2,1-10H3,(H,70,80)(H,71,88)(H,72,86)(H,73,85)(H,74,84)(H,75,87)(H,76,82)(H,77,83)(H,90,91)(H,92,93). The Morgan fingerprint density at radius 1 is 0.581 bits per heavy atom. The fraction of sp³-hybridized carbons (Fsp3) is 0.493. The first-order chi connectivity index (χ1) is 43.9. The molecule has 6 rings (SSSR count). The zero-order valence-corrected chi connectivity index (χ0v) is 54.5. The molecule has 12 N–H and O–H groups in total. The van der Waals surface area contributed by atoms with Crippen LogP contribution in [0.5, 0.6) is 0 Å². The highest BCUT2D eigenvalue weighted by Crippen LogP contribution is 2.26. The van der Waals surface area contributed by atoms with Gasteiger partial charge in [-0.2, -0.15) is 0 Å². The molecule has 4 aromatic carbocycles. The van der Waals surface area contributed by atoms with Gasteiger partial charge in [0, 0.05) is 32.4 Å². The second-order valence-electron chi connectivity index (χ2n) is 25.9. The molecule has 10 amide bonds. The van der Waals surface area contributed by atoms with Crippen molar-refractivity contribution in [2.24, 2.45) is 10.8 Å². The van der Waals surface area contributed by atoms with Gasteiger partial charge in [-0.1, -0.05) is 139 Å². The number of carboxylic acids is 2. The van der Waals surface area contributed by atoms with Gasteiger partial charge in [0.15, 0.2) is 0 Å². The Hall–Kier alpha value is -9.30. The van der Waals surface area contributed by atoms with Crippen LogP contribution < -0.4 is 53.2 Å². The van der Waals surface area contributed by atoms with E-state index in [0.29, 0.717) is 11.1 Å². The molecule has 0 radical (unpaired) electrons. The number of carbonyl (C=O) groups is 12. The molecule has 93 heavy (non-hydrogen) atoms. The van der Waals surface area contributed by atoms with E-state index in [1.54, 1.807) is 93.8 Å². The van der Waals surface area contributed by atoms with Crippen molar-refractivity contribution in [3.63, 3.8) is 0 Å². The zero-order chi connectivity index (χ0) is 68.5. The number of carbonyl (C=O) groups excluding carboxylic acids is 10. The second-order valence-corrected chi connectivity index (χ2v) is 25.9. The number of allylic oxidation sites excluding steroid dienone is 1. The van der Waals surface area contributed by atoms with E-state index in [4.69, 9.17) is 0 Å². The molecule has 2 heterocycles. The fourth-order valence-corrected chi connectivity index (χ4v) is 10.8. The minimum atomic E-state index is -1.72. The number of nitrogens with zero attached hydrogens (tertiary/aromatic N) is 2. The molecule has 502 valence electrons. The highest BCUT2D eigenvalue weighted by Gasteiger charge is 2.45. The molecule has 4 aromatic rings. The first kappa shape index (κ1) is 72.8. The summed E-state index contributed by atoms with van der Waals surface area (Å²) in [6, 6.07) is 12.2. The van der Waals surface area contributed by atoms with E-state index in [2.05, 4.69) is 53.2 Å². The molecule has 26 nitrogen and oxygen atoms in total. The lowest BCUT2D eigenvalue weighted by molar-refractivity contribution is -0.152. The Morgan fingerprint density at radius 2 is 1.06 bits per heavy atom. The Labute approximate surface area is 541 Å². The SMILES string of the molecule is CNC(C)C(=O)NC(C(=O)NC1CC=CCCC(C(=O)O)NC(=O)C(Cc2ccc3ccccc3c2)NC(=O)C2CN(CCN2C(=O)C(NC(=O)C(C)NC)C(C)(C)C)C(=O)CNC(=O)CCC(C(=O)O)NC(=O)C(Cc2ccc3ccccc3c2)NC1=O)C(C)(C)C. The maximum absolute atomic E-state index is 15.1. The smallest absolute Gasteiger partial charge is 0.326 e. The van der Waals surface area contributed by atoms with Crippen molar-refractivity contribution >= 4 is 92.6 Å². The Morgan fingerprint density at radius 3 is 1.56 bits per heavy atom. The number of aliphatic carboxylic acids is 2. The summed E-state index contributed by atoms with van der Waals surface area (Å²) < 4.78 is 0. The van der Waals surface area contributed by atoms with Crippen LogP contribution in [0.25, 0.3) is 21.5 Å². The number of benzene rings is 4. The van der Waals surface area contributed by atoms with Crippen LogP contribution in [0.4, 0.5) is 0 Å². The van der Waals surface area contributed by atoms with Crippen LogP contribution in [0.15, 0.2) is 97.1 Å². The highest BCUT2D eigenvalue weighted by molar-refractivity contribution is 5.99. The van der Waals surface area contributed by atoms with Crippen LogP contribution in [-0.2, 0) is 70.4 Å². The lowest BCUT2D eigenvalue weighted by Crippen LogP contribution is -2.67. The van der Waals surface area contributed by atoms with Gasteiger partial charge in [-0.05, 0) is 97.1 Å². The van der Waals surface area contributed by atoms with Gasteiger partial charge in [0.05, 0.1) is 25.2 Å². The molecule has 26 heteroatoms. The fourth-order valence-electron chi connectivity index (χ4n) is 10.8. The maximum Gasteiger partial charge on any atom is 0.326 e. The van der Waals surface area contributed by atoms with E-state index in [1.165, 1.54) is 22.0 Å². The highest BCUT2D eigenvalue weighted by atomic mass is 16.4. The number of nitrogens with one attached hydrogen (secondary N) is 10. The minimum absolute atomic E-state index is 0.0493. The predicted octanol–water partition coefficient (Wildman–Crippen LogP) is 1.32. The Bertz CT molecular complexity index is 3450. The van der Waals surface area contributed by atoms with Gasteiger partial charge in [0.1, 0.15) is 48.3 Å². The van der Waals surface area contributed by atoms with Gasteiger partial charge in [-0.3, -0.25) is 47.9 Å². The van der Waals surface area contributed by atoms with E-state index in [9.17, 15) is 63.0 Å². The van der Waals surface area contributed by atoms with E-state index < -0.39 is 168 Å². The van der Waals surface area contributed by atoms with Crippen molar-refractivity contribution in [1.82, 2.24) is 63.0 Å². The first-order valence-electron chi connectivity index (χ1n) is 31.3. The monoisotopic (exact) mass is 1290 g/mol. The van der Waals surface area contributed by atoms with Crippen LogP contribution in [0.3, 0.4) is 0 Å². The summed E-state index contributed by atoms with van der Waals surface area (Å²) in [5.74, 6) is -10.7. The van der Waals surface area contributed by atoms with Crippen LogP contribution in [-0.4, -0.2) is 192 Å².